The van der Waals surface area contributed by atoms with Gasteiger partial charge in [-0.25, -0.2) is 9.97 Å². The van der Waals surface area contributed by atoms with Crippen LogP contribution in [0.25, 0.3) is 21.3 Å². The highest BCUT2D eigenvalue weighted by Gasteiger charge is 2.17. The maximum Gasteiger partial charge on any atom is 0.259 e. The lowest BCUT2D eigenvalue weighted by atomic mass is 10.1. The number of benzene rings is 1. The van der Waals surface area contributed by atoms with Gasteiger partial charge in [-0.3, -0.25) is 14.8 Å². The number of methoxy groups -OCH3 is 1. The maximum atomic E-state index is 12.8. The summed E-state index contributed by atoms with van der Waals surface area (Å²) in [6, 6.07) is 7.46. The Kier molecular flexibility index (Phi) is 3.84. The number of rotatable bonds is 3. The van der Waals surface area contributed by atoms with Gasteiger partial charge in [-0.2, -0.15) is 5.10 Å². The second-order valence-electron chi connectivity index (χ2n) is 6.01. The molecule has 8 heteroatoms. The van der Waals surface area contributed by atoms with E-state index < -0.39 is 0 Å². The molecule has 0 atom stereocenters. The molecular weight excluding hydrogens is 350 g/mol. The van der Waals surface area contributed by atoms with Gasteiger partial charge in [-0.05, 0) is 38.1 Å². The van der Waals surface area contributed by atoms with E-state index in [0.717, 1.165) is 32.7 Å². The number of nitrogens with one attached hydrogen (secondary N) is 1. The molecule has 0 radical (unpaired) electrons. The number of aryl methyl sites for hydroxylation is 3. The van der Waals surface area contributed by atoms with Crippen molar-refractivity contribution in [2.24, 2.45) is 7.05 Å². The largest absolute Gasteiger partial charge is 0.497 e. The van der Waals surface area contributed by atoms with Gasteiger partial charge in [0.25, 0.3) is 5.91 Å². The summed E-state index contributed by atoms with van der Waals surface area (Å²) < 4.78 is 7.90. The van der Waals surface area contributed by atoms with E-state index in [1.54, 1.807) is 11.8 Å². The maximum absolute atomic E-state index is 12.8. The standard InChI is InChI=1S/C18H17N5O2S/c1-9-13(8-12-10(2)22-23(3)16(12)19-9)17(24)21-18-20-14-6-5-11(25-4)7-15(14)26-18/h5-8H,1-4H3,(H,20,21,24). The Morgan fingerprint density at radius 1 is 1.19 bits per heavy atom. The predicted octanol–water partition coefficient (Wildman–Crippen LogP) is 3.46. The van der Waals surface area contributed by atoms with Gasteiger partial charge in [0.1, 0.15) is 5.75 Å². The van der Waals surface area contributed by atoms with Gasteiger partial charge in [-0.1, -0.05) is 11.3 Å². The van der Waals surface area contributed by atoms with Crippen LogP contribution < -0.4 is 10.1 Å². The van der Waals surface area contributed by atoms with Crippen LogP contribution in [0.4, 0.5) is 5.13 Å². The Hall–Kier alpha value is -3.00. The topological polar surface area (TPSA) is 81.9 Å². The van der Waals surface area contributed by atoms with Crippen LogP contribution in [0.1, 0.15) is 21.7 Å². The summed E-state index contributed by atoms with van der Waals surface area (Å²) in [6.45, 7) is 3.72. The first-order valence-electron chi connectivity index (χ1n) is 8.03. The quantitative estimate of drug-likeness (QED) is 0.600. The van der Waals surface area contributed by atoms with Gasteiger partial charge in [0.2, 0.25) is 0 Å². The highest BCUT2D eigenvalue weighted by molar-refractivity contribution is 7.22. The summed E-state index contributed by atoms with van der Waals surface area (Å²) in [5.74, 6) is 0.530. The van der Waals surface area contributed by atoms with E-state index in [1.807, 2.05) is 45.2 Å². The SMILES string of the molecule is COc1ccc2nc(NC(=O)c3cc4c(C)nn(C)c4nc3C)sc2c1. The number of carbonyl (C=O) groups excluding carboxylic acids is 1. The number of ether oxygens (including phenoxy) is 1. The minimum Gasteiger partial charge on any atom is -0.497 e. The minimum absolute atomic E-state index is 0.230. The molecule has 1 aromatic carbocycles. The second-order valence-corrected chi connectivity index (χ2v) is 7.04. The number of nitrogens with zero attached hydrogens (tertiary/aromatic N) is 4. The lowest BCUT2D eigenvalue weighted by molar-refractivity contribution is 0.102. The van der Waals surface area contributed by atoms with Crippen molar-refractivity contribution in [3.8, 4) is 5.75 Å². The van der Waals surface area contributed by atoms with Crippen LogP contribution in [0.5, 0.6) is 5.75 Å². The van der Waals surface area contributed by atoms with E-state index in [9.17, 15) is 4.79 Å². The molecule has 0 saturated heterocycles. The number of hydrogen-bond donors (Lipinski definition) is 1. The number of fused-ring (bicyclic) bond motifs is 2. The first-order valence-corrected chi connectivity index (χ1v) is 8.85. The Morgan fingerprint density at radius 2 is 2.00 bits per heavy atom. The van der Waals surface area contributed by atoms with Gasteiger partial charge in [0.05, 0.1) is 34.3 Å². The molecule has 3 aromatic heterocycles. The van der Waals surface area contributed by atoms with Crippen molar-refractivity contribution in [1.82, 2.24) is 19.7 Å². The molecule has 0 bridgehead atoms. The first kappa shape index (κ1) is 16.5. The van der Waals surface area contributed by atoms with Crippen LogP contribution >= 0.6 is 11.3 Å². The fourth-order valence-corrected chi connectivity index (χ4v) is 3.80. The fourth-order valence-electron chi connectivity index (χ4n) is 2.91. The number of amides is 1. The van der Waals surface area contributed by atoms with E-state index in [-0.39, 0.29) is 5.91 Å². The average molecular weight is 367 g/mol. The molecule has 4 rings (SSSR count). The molecule has 0 aliphatic carbocycles. The van der Waals surface area contributed by atoms with E-state index >= 15 is 0 Å². The highest BCUT2D eigenvalue weighted by atomic mass is 32.1. The average Bonchev–Trinajstić information content (AvgIpc) is 3.13. The molecule has 1 N–H and O–H groups in total. The third-order valence-corrected chi connectivity index (χ3v) is 5.18. The molecule has 0 aliphatic heterocycles. The third-order valence-electron chi connectivity index (χ3n) is 4.25. The Balaban J connectivity index is 1.69. The predicted molar refractivity (Wildman–Crippen MR) is 102 cm³/mol. The molecular formula is C18H17N5O2S. The lowest BCUT2D eigenvalue weighted by Gasteiger charge is -2.05. The van der Waals surface area contributed by atoms with Crippen LogP contribution in [-0.2, 0) is 7.05 Å². The summed E-state index contributed by atoms with van der Waals surface area (Å²) in [5, 5.41) is 8.65. The third kappa shape index (κ3) is 2.68. The normalized spacial score (nSPS) is 11.2. The van der Waals surface area contributed by atoms with Gasteiger partial charge in [-0.15, -0.1) is 0 Å². The van der Waals surface area contributed by atoms with E-state index in [4.69, 9.17) is 4.74 Å². The molecule has 0 unspecified atom stereocenters. The summed E-state index contributed by atoms with van der Waals surface area (Å²) in [6.07, 6.45) is 0. The Labute approximate surface area is 153 Å². The van der Waals surface area contributed by atoms with Crippen molar-refractivity contribution < 1.29 is 9.53 Å². The molecule has 7 nitrogen and oxygen atoms in total. The summed E-state index contributed by atoms with van der Waals surface area (Å²) >= 11 is 1.41. The van der Waals surface area contributed by atoms with Crippen LogP contribution in [0, 0.1) is 13.8 Å². The number of hydrogen-bond acceptors (Lipinski definition) is 6. The molecule has 1 amide bonds. The summed E-state index contributed by atoms with van der Waals surface area (Å²) in [7, 11) is 3.47. The minimum atomic E-state index is -0.230. The Bertz CT molecular complexity index is 1160. The summed E-state index contributed by atoms with van der Waals surface area (Å²) in [5.41, 5.74) is 3.60. The van der Waals surface area contributed by atoms with Gasteiger partial charge < -0.3 is 4.74 Å². The van der Waals surface area contributed by atoms with Crippen molar-refractivity contribution in [3.05, 3.63) is 41.2 Å². The zero-order valence-corrected chi connectivity index (χ0v) is 15.6. The monoisotopic (exact) mass is 367 g/mol. The van der Waals surface area contributed by atoms with Gasteiger partial charge >= 0.3 is 0 Å². The van der Waals surface area contributed by atoms with Crippen molar-refractivity contribution in [2.75, 3.05) is 12.4 Å². The molecule has 26 heavy (non-hydrogen) atoms. The van der Waals surface area contributed by atoms with Gasteiger partial charge in [0.15, 0.2) is 10.8 Å². The summed E-state index contributed by atoms with van der Waals surface area (Å²) in [4.78, 5) is 21.8. The molecule has 132 valence electrons. The fraction of sp³-hybridized carbons (Fsp3) is 0.222. The van der Waals surface area contributed by atoms with Crippen LogP contribution in [-0.4, -0.2) is 32.8 Å². The lowest BCUT2D eigenvalue weighted by Crippen LogP contribution is -2.14. The number of carbonyl (C=O) groups is 1. The molecule has 0 saturated carbocycles. The molecule has 3 heterocycles. The van der Waals surface area contributed by atoms with Crippen LogP contribution in [0.15, 0.2) is 24.3 Å². The van der Waals surface area contributed by atoms with Crippen LogP contribution in [0.3, 0.4) is 0 Å². The zero-order chi connectivity index (χ0) is 18.4. The smallest absolute Gasteiger partial charge is 0.259 e. The van der Waals surface area contributed by atoms with Crippen molar-refractivity contribution in [2.45, 2.75) is 13.8 Å². The molecule has 0 fully saturated rings. The van der Waals surface area contributed by atoms with E-state index in [0.29, 0.717) is 16.4 Å². The number of anilines is 1. The van der Waals surface area contributed by atoms with E-state index in [2.05, 4.69) is 20.4 Å². The molecule has 0 aliphatic rings. The number of aromatic nitrogens is 4. The Morgan fingerprint density at radius 3 is 2.77 bits per heavy atom. The first-order chi connectivity index (χ1) is 12.5. The van der Waals surface area contributed by atoms with Crippen LogP contribution in [0.2, 0.25) is 0 Å². The second kappa shape index (κ2) is 6.06. The van der Waals surface area contributed by atoms with Crippen molar-refractivity contribution in [3.63, 3.8) is 0 Å². The van der Waals surface area contributed by atoms with E-state index in [1.165, 1.54) is 11.3 Å². The zero-order valence-electron chi connectivity index (χ0n) is 14.8. The van der Waals surface area contributed by atoms with Gasteiger partial charge in [0, 0.05) is 12.4 Å². The number of pyridine rings is 1. The molecule has 0 spiro atoms. The highest BCUT2D eigenvalue weighted by Crippen LogP contribution is 2.29. The van der Waals surface area contributed by atoms with Crippen molar-refractivity contribution in [1.29, 1.82) is 0 Å². The molecule has 4 aromatic rings. The van der Waals surface area contributed by atoms with Crippen molar-refractivity contribution >= 4 is 43.6 Å². The number of thiazole rings is 1.